The van der Waals surface area contributed by atoms with E-state index in [9.17, 15) is 9.59 Å². The number of hydrogen-bond acceptors (Lipinski definition) is 3. The molecule has 0 bridgehead atoms. The molecule has 96 valence electrons. The van der Waals surface area contributed by atoms with Gasteiger partial charge in [0.15, 0.2) is 0 Å². The highest BCUT2D eigenvalue weighted by Crippen LogP contribution is 2.08. The Kier molecular flexibility index (Phi) is 4.17. The summed E-state index contributed by atoms with van der Waals surface area (Å²) in [4.78, 5) is 24.6. The molecule has 0 aromatic heterocycles. The Morgan fingerprint density at radius 1 is 1.33 bits per heavy atom. The van der Waals surface area contributed by atoms with Crippen molar-refractivity contribution in [3.05, 3.63) is 30.3 Å². The van der Waals surface area contributed by atoms with Gasteiger partial charge in [0, 0.05) is 25.2 Å². The van der Waals surface area contributed by atoms with E-state index in [1.807, 2.05) is 30.3 Å². The van der Waals surface area contributed by atoms with Crippen LogP contribution in [0.25, 0.3) is 0 Å². The monoisotopic (exact) mass is 248 g/mol. The van der Waals surface area contributed by atoms with Gasteiger partial charge >= 0.3 is 6.09 Å². The second kappa shape index (κ2) is 6.05. The van der Waals surface area contributed by atoms with Crippen molar-refractivity contribution in [1.29, 1.82) is 0 Å². The van der Waals surface area contributed by atoms with Crippen molar-refractivity contribution in [3.63, 3.8) is 0 Å². The highest BCUT2D eigenvalue weighted by atomic mass is 16.6. The Bertz CT molecular complexity index is 420. The van der Waals surface area contributed by atoms with Crippen LogP contribution in [0.2, 0.25) is 0 Å². The van der Waals surface area contributed by atoms with Crippen molar-refractivity contribution < 1.29 is 14.3 Å². The van der Waals surface area contributed by atoms with E-state index in [-0.39, 0.29) is 18.4 Å². The molecule has 1 aliphatic rings. The van der Waals surface area contributed by atoms with Crippen LogP contribution in [0.4, 0.5) is 10.5 Å². The first-order valence-corrected chi connectivity index (χ1v) is 6.02. The maximum absolute atomic E-state index is 11.7. The van der Waals surface area contributed by atoms with Crippen LogP contribution < -0.4 is 5.32 Å². The molecule has 5 nitrogen and oxygen atoms in total. The summed E-state index contributed by atoms with van der Waals surface area (Å²) in [5, 5.41) is 2.78. The zero-order valence-corrected chi connectivity index (χ0v) is 10.1. The molecule has 1 aromatic rings. The van der Waals surface area contributed by atoms with E-state index in [2.05, 4.69) is 5.32 Å². The van der Waals surface area contributed by atoms with E-state index in [1.165, 1.54) is 0 Å². The zero-order chi connectivity index (χ0) is 12.8. The molecule has 2 rings (SSSR count). The number of ether oxygens (including phenoxy) is 1. The van der Waals surface area contributed by atoms with E-state index in [1.54, 1.807) is 4.90 Å². The summed E-state index contributed by atoms with van der Waals surface area (Å²) >= 11 is 0. The number of carbonyl (C=O) groups is 2. The molecule has 0 radical (unpaired) electrons. The molecule has 1 heterocycles. The lowest BCUT2D eigenvalue weighted by Crippen LogP contribution is -2.39. The number of rotatable bonds is 4. The molecular weight excluding hydrogens is 232 g/mol. The quantitative estimate of drug-likeness (QED) is 0.884. The minimum atomic E-state index is -0.325. The zero-order valence-electron chi connectivity index (χ0n) is 10.1. The summed E-state index contributed by atoms with van der Waals surface area (Å²) < 4.78 is 4.90. The van der Waals surface area contributed by atoms with Crippen LogP contribution in [0, 0.1) is 0 Å². The van der Waals surface area contributed by atoms with E-state index in [0.717, 1.165) is 12.1 Å². The van der Waals surface area contributed by atoms with E-state index >= 15 is 0 Å². The van der Waals surface area contributed by atoms with Crippen molar-refractivity contribution in [1.82, 2.24) is 4.90 Å². The van der Waals surface area contributed by atoms with Crippen LogP contribution in [0.5, 0.6) is 0 Å². The lowest BCUT2D eigenvalue weighted by Gasteiger charge is -2.25. The molecule has 5 heteroatoms. The van der Waals surface area contributed by atoms with Gasteiger partial charge < -0.3 is 15.0 Å². The highest BCUT2D eigenvalue weighted by molar-refractivity contribution is 5.90. The van der Waals surface area contributed by atoms with Crippen LogP contribution in [0.1, 0.15) is 12.8 Å². The Hall–Kier alpha value is -2.04. The first kappa shape index (κ1) is 12.4. The summed E-state index contributed by atoms with van der Waals surface area (Å²) in [6, 6.07) is 9.26. The summed E-state index contributed by atoms with van der Waals surface area (Å²) in [5.74, 6) is -0.0976. The molecule has 2 amide bonds. The fourth-order valence-corrected chi connectivity index (χ4v) is 1.78. The average molecular weight is 248 g/mol. The van der Waals surface area contributed by atoms with Crippen molar-refractivity contribution in [2.45, 2.75) is 12.8 Å². The van der Waals surface area contributed by atoms with Crippen LogP contribution in [0.3, 0.4) is 0 Å². The molecule has 0 atom stereocenters. The number of hydrogen-bond donors (Lipinski definition) is 1. The van der Waals surface area contributed by atoms with Gasteiger partial charge in [-0.05, 0) is 18.6 Å². The second-order valence-corrected chi connectivity index (χ2v) is 4.12. The largest absolute Gasteiger partial charge is 0.449 e. The van der Waals surface area contributed by atoms with E-state index in [4.69, 9.17) is 4.74 Å². The number of amides is 2. The van der Waals surface area contributed by atoms with Crippen molar-refractivity contribution in [2.24, 2.45) is 0 Å². The van der Waals surface area contributed by atoms with Gasteiger partial charge in [0.25, 0.3) is 0 Å². The number of cyclic esters (lactones) is 1. The third kappa shape index (κ3) is 3.48. The molecule has 1 fully saturated rings. The fraction of sp³-hybridized carbons (Fsp3) is 0.385. The normalized spacial score (nSPS) is 15.1. The van der Waals surface area contributed by atoms with Crippen LogP contribution in [0.15, 0.2) is 30.3 Å². The van der Waals surface area contributed by atoms with Crippen molar-refractivity contribution in [2.75, 3.05) is 25.0 Å². The van der Waals surface area contributed by atoms with Gasteiger partial charge in [-0.25, -0.2) is 4.79 Å². The molecule has 1 aliphatic heterocycles. The smallest absolute Gasteiger partial charge is 0.409 e. The van der Waals surface area contributed by atoms with Gasteiger partial charge in [-0.2, -0.15) is 0 Å². The molecule has 0 spiro atoms. The van der Waals surface area contributed by atoms with Crippen molar-refractivity contribution >= 4 is 17.7 Å². The van der Waals surface area contributed by atoms with Gasteiger partial charge in [-0.15, -0.1) is 0 Å². The molecule has 0 saturated carbocycles. The molecule has 0 unspecified atom stereocenters. The molecular formula is C13H16N2O3. The number of benzene rings is 1. The maximum atomic E-state index is 11.7. The molecule has 18 heavy (non-hydrogen) atoms. The van der Waals surface area contributed by atoms with E-state index < -0.39 is 0 Å². The minimum Gasteiger partial charge on any atom is -0.449 e. The minimum absolute atomic E-state index is 0.0976. The summed E-state index contributed by atoms with van der Waals surface area (Å²) in [7, 11) is 0. The summed E-state index contributed by atoms with van der Waals surface area (Å²) in [5.41, 5.74) is 0.767. The number of anilines is 1. The van der Waals surface area contributed by atoms with Crippen LogP contribution in [-0.2, 0) is 9.53 Å². The Morgan fingerprint density at radius 2 is 2.11 bits per heavy atom. The number of para-hydroxylation sites is 1. The van der Waals surface area contributed by atoms with Gasteiger partial charge in [0.1, 0.15) is 0 Å². The SMILES string of the molecule is O=C(CCN1CCCOC1=O)Nc1ccccc1. The van der Waals surface area contributed by atoms with E-state index in [0.29, 0.717) is 19.7 Å². The number of carbonyl (C=O) groups excluding carboxylic acids is 2. The number of nitrogens with one attached hydrogen (secondary N) is 1. The molecule has 1 saturated heterocycles. The maximum Gasteiger partial charge on any atom is 0.409 e. The third-order valence-corrected chi connectivity index (χ3v) is 2.72. The van der Waals surface area contributed by atoms with Gasteiger partial charge in [-0.3, -0.25) is 4.79 Å². The first-order valence-electron chi connectivity index (χ1n) is 6.02. The van der Waals surface area contributed by atoms with Crippen molar-refractivity contribution in [3.8, 4) is 0 Å². The third-order valence-electron chi connectivity index (χ3n) is 2.72. The lowest BCUT2D eigenvalue weighted by molar-refractivity contribution is -0.116. The van der Waals surface area contributed by atoms with Crippen LogP contribution in [-0.4, -0.2) is 36.6 Å². The standard InChI is InChI=1S/C13H16N2O3/c16-12(14-11-5-2-1-3-6-11)7-9-15-8-4-10-18-13(15)17/h1-3,5-6H,4,7-10H2,(H,14,16). The molecule has 1 N–H and O–H groups in total. The molecule has 1 aromatic carbocycles. The number of nitrogens with zero attached hydrogens (tertiary/aromatic N) is 1. The summed E-state index contributed by atoms with van der Waals surface area (Å²) in [6.07, 6.45) is 0.782. The highest BCUT2D eigenvalue weighted by Gasteiger charge is 2.19. The second-order valence-electron chi connectivity index (χ2n) is 4.12. The fourth-order valence-electron chi connectivity index (χ4n) is 1.78. The predicted molar refractivity (Wildman–Crippen MR) is 67.2 cm³/mol. The van der Waals surface area contributed by atoms with Gasteiger partial charge in [0.05, 0.1) is 6.61 Å². The Balaban J connectivity index is 1.76. The first-order chi connectivity index (χ1) is 8.75. The Morgan fingerprint density at radius 3 is 2.83 bits per heavy atom. The average Bonchev–Trinajstić information content (AvgIpc) is 2.39. The Labute approximate surface area is 106 Å². The van der Waals surface area contributed by atoms with Gasteiger partial charge in [0.2, 0.25) is 5.91 Å². The van der Waals surface area contributed by atoms with Crippen LogP contribution >= 0.6 is 0 Å². The molecule has 0 aliphatic carbocycles. The van der Waals surface area contributed by atoms with Gasteiger partial charge in [-0.1, -0.05) is 18.2 Å². The summed E-state index contributed by atoms with van der Waals surface area (Å²) in [6.45, 7) is 1.54. The topological polar surface area (TPSA) is 58.6 Å². The predicted octanol–water partition coefficient (Wildman–Crippen LogP) is 1.86. The lowest BCUT2D eigenvalue weighted by atomic mass is 10.3.